The van der Waals surface area contributed by atoms with Crippen LogP contribution in [0, 0.1) is 13.8 Å². The number of rotatable bonds is 4. The van der Waals surface area contributed by atoms with Gasteiger partial charge in [-0.1, -0.05) is 18.2 Å². The SMILES string of the molecule is CCS(=O)(=O)NC(C)c1ccc(C)c(C)c1. The van der Waals surface area contributed by atoms with Crippen LogP contribution in [-0.2, 0) is 10.0 Å². The molecule has 1 unspecified atom stereocenters. The van der Waals surface area contributed by atoms with Crippen LogP contribution in [0.4, 0.5) is 0 Å². The summed E-state index contributed by atoms with van der Waals surface area (Å²) in [5, 5.41) is 0. The molecule has 0 amide bonds. The van der Waals surface area contributed by atoms with Gasteiger partial charge >= 0.3 is 0 Å². The molecule has 1 rings (SSSR count). The van der Waals surface area contributed by atoms with E-state index in [4.69, 9.17) is 0 Å². The van der Waals surface area contributed by atoms with Crippen molar-refractivity contribution >= 4 is 10.0 Å². The molecule has 0 aliphatic rings. The van der Waals surface area contributed by atoms with Crippen LogP contribution in [0.15, 0.2) is 18.2 Å². The molecule has 0 radical (unpaired) electrons. The number of sulfonamides is 1. The quantitative estimate of drug-likeness (QED) is 0.879. The van der Waals surface area contributed by atoms with E-state index in [2.05, 4.69) is 4.72 Å². The summed E-state index contributed by atoms with van der Waals surface area (Å²) in [5.41, 5.74) is 3.40. The van der Waals surface area contributed by atoms with Gasteiger partial charge in [0.1, 0.15) is 0 Å². The lowest BCUT2D eigenvalue weighted by molar-refractivity contribution is 0.568. The summed E-state index contributed by atoms with van der Waals surface area (Å²) in [5.74, 6) is 0.113. The van der Waals surface area contributed by atoms with E-state index < -0.39 is 10.0 Å². The van der Waals surface area contributed by atoms with Crippen LogP contribution in [0.25, 0.3) is 0 Å². The Morgan fingerprint density at radius 3 is 2.38 bits per heavy atom. The Balaban J connectivity index is 2.89. The Bertz CT molecular complexity index is 466. The van der Waals surface area contributed by atoms with Crippen molar-refractivity contribution in [3.05, 3.63) is 34.9 Å². The monoisotopic (exact) mass is 241 g/mol. The maximum absolute atomic E-state index is 11.4. The number of hydrogen-bond acceptors (Lipinski definition) is 2. The number of hydrogen-bond donors (Lipinski definition) is 1. The molecule has 0 saturated carbocycles. The Morgan fingerprint density at radius 1 is 1.25 bits per heavy atom. The maximum atomic E-state index is 11.4. The Kier molecular flexibility index (Phi) is 4.10. The first-order valence-corrected chi connectivity index (χ1v) is 7.08. The molecule has 16 heavy (non-hydrogen) atoms. The molecule has 0 spiro atoms. The minimum atomic E-state index is -3.14. The van der Waals surface area contributed by atoms with E-state index in [1.54, 1.807) is 6.92 Å². The molecule has 0 fully saturated rings. The van der Waals surface area contributed by atoms with Crippen molar-refractivity contribution in [2.24, 2.45) is 0 Å². The van der Waals surface area contributed by atoms with E-state index in [1.807, 2.05) is 39.0 Å². The smallest absolute Gasteiger partial charge is 0.211 e. The third-order valence-electron chi connectivity index (χ3n) is 2.77. The molecule has 0 heterocycles. The van der Waals surface area contributed by atoms with Crippen molar-refractivity contribution in [3.8, 4) is 0 Å². The van der Waals surface area contributed by atoms with Gasteiger partial charge in [0.2, 0.25) is 10.0 Å². The minimum Gasteiger partial charge on any atom is -0.212 e. The molecule has 3 nitrogen and oxygen atoms in total. The molecule has 1 aromatic rings. The average molecular weight is 241 g/mol. The molecule has 1 N–H and O–H groups in total. The van der Waals surface area contributed by atoms with Crippen LogP contribution >= 0.6 is 0 Å². The van der Waals surface area contributed by atoms with Crippen molar-refractivity contribution in [1.82, 2.24) is 4.72 Å². The molecule has 0 aliphatic carbocycles. The summed E-state index contributed by atoms with van der Waals surface area (Å²) in [6.45, 7) is 7.56. The van der Waals surface area contributed by atoms with Gasteiger partial charge < -0.3 is 0 Å². The van der Waals surface area contributed by atoms with Crippen LogP contribution < -0.4 is 4.72 Å². The molecule has 90 valence electrons. The van der Waals surface area contributed by atoms with Crippen molar-refractivity contribution in [1.29, 1.82) is 0 Å². The first-order valence-electron chi connectivity index (χ1n) is 5.43. The van der Waals surface area contributed by atoms with Crippen LogP contribution in [-0.4, -0.2) is 14.2 Å². The van der Waals surface area contributed by atoms with Crippen molar-refractivity contribution in [3.63, 3.8) is 0 Å². The highest BCUT2D eigenvalue weighted by molar-refractivity contribution is 7.89. The van der Waals surface area contributed by atoms with Gasteiger partial charge in [-0.15, -0.1) is 0 Å². The molecule has 1 atom stereocenters. The van der Waals surface area contributed by atoms with E-state index in [0.717, 1.165) is 5.56 Å². The van der Waals surface area contributed by atoms with Gasteiger partial charge in [-0.25, -0.2) is 13.1 Å². The molecule has 0 aliphatic heterocycles. The highest BCUT2D eigenvalue weighted by atomic mass is 32.2. The maximum Gasteiger partial charge on any atom is 0.211 e. The standard InChI is InChI=1S/C12H19NO2S/c1-5-16(14,15)13-11(4)12-7-6-9(2)10(3)8-12/h6-8,11,13H,5H2,1-4H3. The van der Waals surface area contributed by atoms with E-state index in [9.17, 15) is 8.42 Å². The molecular weight excluding hydrogens is 222 g/mol. The molecular formula is C12H19NO2S. The van der Waals surface area contributed by atoms with Crippen molar-refractivity contribution < 1.29 is 8.42 Å². The first kappa shape index (κ1) is 13.2. The van der Waals surface area contributed by atoms with Crippen molar-refractivity contribution in [2.75, 3.05) is 5.75 Å². The third kappa shape index (κ3) is 3.32. The lowest BCUT2D eigenvalue weighted by Crippen LogP contribution is -2.28. The van der Waals surface area contributed by atoms with Gasteiger partial charge in [-0.3, -0.25) is 0 Å². The van der Waals surface area contributed by atoms with Gasteiger partial charge in [-0.2, -0.15) is 0 Å². The minimum absolute atomic E-state index is 0.113. The lowest BCUT2D eigenvalue weighted by atomic mass is 10.0. The van der Waals surface area contributed by atoms with Gasteiger partial charge in [0.25, 0.3) is 0 Å². The second-order valence-electron chi connectivity index (χ2n) is 4.09. The largest absolute Gasteiger partial charge is 0.212 e. The Labute approximate surface area is 97.9 Å². The summed E-state index contributed by atoms with van der Waals surface area (Å²) < 4.78 is 25.5. The van der Waals surface area contributed by atoms with E-state index in [1.165, 1.54) is 11.1 Å². The number of nitrogens with one attached hydrogen (secondary N) is 1. The summed E-state index contributed by atoms with van der Waals surface area (Å²) in [7, 11) is -3.14. The van der Waals surface area contributed by atoms with Crippen LogP contribution in [0.5, 0.6) is 0 Å². The zero-order valence-corrected chi connectivity index (χ0v) is 11.1. The molecule has 1 aromatic carbocycles. The predicted octanol–water partition coefficient (Wildman–Crippen LogP) is 2.30. The summed E-state index contributed by atoms with van der Waals surface area (Å²) in [6, 6.07) is 5.83. The predicted molar refractivity (Wildman–Crippen MR) is 66.9 cm³/mol. The topological polar surface area (TPSA) is 46.2 Å². The second-order valence-corrected chi connectivity index (χ2v) is 6.13. The summed E-state index contributed by atoms with van der Waals surface area (Å²) in [4.78, 5) is 0. The van der Waals surface area contributed by atoms with Gasteiger partial charge in [0.15, 0.2) is 0 Å². The highest BCUT2D eigenvalue weighted by Gasteiger charge is 2.13. The van der Waals surface area contributed by atoms with Gasteiger partial charge in [-0.05, 0) is 44.4 Å². The number of benzene rings is 1. The molecule has 0 aromatic heterocycles. The fraction of sp³-hybridized carbons (Fsp3) is 0.500. The fourth-order valence-electron chi connectivity index (χ4n) is 1.45. The third-order valence-corrected chi connectivity index (χ3v) is 4.24. The molecule has 0 saturated heterocycles. The zero-order valence-electron chi connectivity index (χ0n) is 10.2. The average Bonchev–Trinajstić information content (AvgIpc) is 2.21. The summed E-state index contributed by atoms with van der Waals surface area (Å²) >= 11 is 0. The van der Waals surface area contributed by atoms with Gasteiger partial charge in [0, 0.05) is 6.04 Å². The Morgan fingerprint density at radius 2 is 1.88 bits per heavy atom. The van der Waals surface area contributed by atoms with Gasteiger partial charge in [0.05, 0.1) is 5.75 Å². The fourth-order valence-corrected chi connectivity index (χ4v) is 2.30. The van der Waals surface area contributed by atoms with E-state index in [-0.39, 0.29) is 11.8 Å². The number of aryl methyl sites for hydroxylation is 2. The van der Waals surface area contributed by atoms with Crippen molar-refractivity contribution in [2.45, 2.75) is 33.7 Å². The first-order chi connectivity index (χ1) is 7.35. The lowest BCUT2D eigenvalue weighted by Gasteiger charge is -2.15. The molecule has 4 heteroatoms. The molecule has 0 bridgehead atoms. The van der Waals surface area contributed by atoms with Crippen LogP contribution in [0.1, 0.15) is 36.6 Å². The van der Waals surface area contributed by atoms with E-state index >= 15 is 0 Å². The second kappa shape index (κ2) is 4.97. The Hall–Kier alpha value is -0.870. The summed E-state index contributed by atoms with van der Waals surface area (Å²) in [6.07, 6.45) is 0. The van der Waals surface area contributed by atoms with E-state index in [0.29, 0.717) is 0 Å². The van der Waals surface area contributed by atoms with Crippen LogP contribution in [0.3, 0.4) is 0 Å². The van der Waals surface area contributed by atoms with Crippen LogP contribution in [0.2, 0.25) is 0 Å². The highest BCUT2D eigenvalue weighted by Crippen LogP contribution is 2.17. The zero-order chi connectivity index (χ0) is 12.3. The normalized spacial score (nSPS) is 13.8.